The quantitative estimate of drug-likeness (QED) is 0.929. The summed E-state index contributed by atoms with van der Waals surface area (Å²) in [4.78, 5) is 24.3. The van der Waals surface area contributed by atoms with E-state index in [1.54, 1.807) is 26.1 Å². The Hall–Kier alpha value is -1.36. The Labute approximate surface area is 115 Å². The van der Waals surface area contributed by atoms with Crippen LogP contribution in [0.2, 0.25) is 0 Å². The fraction of sp³-hybridized carbons (Fsp3) is 0.385. The highest BCUT2D eigenvalue weighted by molar-refractivity contribution is 9.10. The van der Waals surface area contributed by atoms with Gasteiger partial charge in [0.2, 0.25) is 0 Å². The van der Waals surface area contributed by atoms with Crippen LogP contribution in [0.15, 0.2) is 22.7 Å². The molecule has 0 aromatic heterocycles. The summed E-state index contributed by atoms with van der Waals surface area (Å²) in [5.41, 5.74) is 1.60. The number of carbonyl (C=O) groups is 2. The molecule has 0 bridgehead atoms. The minimum Gasteiger partial charge on any atom is -0.481 e. The lowest BCUT2D eigenvalue weighted by atomic mass is 10.1. The summed E-state index contributed by atoms with van der Waals surface area (Å²) in [6.07, 6.45) is 0. The Balaban J connectivity index is 2.80. The number of amides is 1. The van der Waals surface area contributed by atoms with Gasteiger partial charge < -0.3 is 10.0 Å². The van der Waals surface area contributed by atoms with Gasteiger partial charge in [-0.15, -0.1) is 0 Å². The molecule has 1 amide bonds. The molecule has 1 atom stereocenters. The van der Waals surface area contributed by atoms with E-state index in [2.05, 4.69) is 15.9 Å². The summed E-state index contributed by atoms with van der Waals surface area (Å²) >= 11 is 3.37. The molecule has 0 saturated carbocycles. The molecule has 0 fully saturated rings. The fourth-order valence-corrected chi connectivity index (χ4v) is 1.90. The van der Waals surface area contributed by atoms with Crippen molar-refractivity contribution in [3.8, 4) is 0 Å². The van der Waals surface area contributed by atoms with Crippen LogP contribution in [0.3, 0.4) is 0 Å². The van der Waals surface area contributed by atoms with Crippen LogP contribution in [0.25, 0.3) is 0 Å². The highest BCUT2D eigenvalue weighted by Gasteiger charge is 2.18. The molecule has 0 radical (unpaired) electrons. The second kappa shape index (κ2) is 6.00. The number of aryl methyl sites for hydroxylation is 1. The number of benzene rings is 1. The molecule has 0 heterocycles. The molecule has 0 unspecified atom stereocenters. The lowest BCUT2D eigenvalue weighted by molar-refractivity contribution is -0.141. The normalized spacial score (nSPS) is 12.0. The molecule has 18 heavy (non-hydrogen) atoms. The number of carboxylic acids is 1. The molecule has 0 aliphatic heterocycles. The largest absolute Gasteiger partial charge is 0.481 e. The zero-order chi connectivity index (χ0) is 13.9. The van der Waals surface area contributed by atoms with Crippen LogP contribution in [0.4, 0.5) is 0 Å². The molecule has 1 N–H and O–H groups in total. The Bertz CT molecular complexity index is 473. The minimum absolute atomic E-state index is 0.177. The predicted octanol–water partition coefficient (Wildman–Crippen LogP) is 2.55. The van der Waals surface area contributed by atoms with Crippen molar-refractivity contribution < 1.29 is 14.7 Å². The van der Waals surface area contributed by atoms with Gasteiger partial charge in [-0.3, -0.25) is 9.59 Å². The SMILES string of the molecule is Cc1ccc(C(=O)N(C)C[C@H](C)C(=O)O)cc1Br. The Kier molecular flexibility index (Phi) is 4.90. The zero-order valence-corrected chi connectivity index (χ0v) is 12.2. The molecule has 1 aromatic rings. The molecule has 1 rings (SSSR count). The molecule has 4 nitrogen and oxygen atoms in total. The van der Waals surface area contributed by atoms with Crippen molar-refractivity contribution in [2.75, 3.05) is 13.6 Å². The highest BCUT2D eigenvalue weighted by Crippen LogP contribution is 2.18. The molecular weight excluding hydrogens is 298 g/mol. The number of carbonyl (C=O) groups excluding carboxylic acids is 1. The van der Waals surface area contributed by atoms with E-state index in [4.69, 9.17) is 5.11 Å². The number of rotatable bonds is 4. The van der Waals surface area contributed by atoms with Crippen LogP contribution in [-0.4, -0.2) is 35.5 Å². The third-order valence-corrected chi connectivity index (χ3v) is 3.59. The number of hydrogen-bond acceptors (Lipinski definition) is 2. The fourth-order valence-electron chi connectivity index (χ4n) is 1.52. The van der Waals surface area contributed by atoms with E-state index < -0.39 is 11.9 Å². The lowest BCUT2D eigenvalue weighted by Gasteiger charge is -2.19. The molecule has 0 aliphatic carbocycles. The van der Waals surface area contributed by atoms with Crippen LogP contribution in [0, 0.1) is 12.8 Å². The van der Waals surface area contributed by atoms with Crippen LogP contribution in [0.5, 0.6) is 0 Å². The van der Waals surface area contributed by atoms with Gasteiger partial charge >= 0.3 is 5.97 Å². The van der Waals surface area contributed by atoms with E-state index in [0.717, 1.165) is 10.0 Å². The summed E-state index contributed by atoms with van der Waals surface area (Å²) in [5, 5.41) is 8.82. The van der Waals surface area contributed by atoms with Gasteiger partial charge in [-0.2, -0.15) is 0 Å². The third-order valence-electron chi connectivity index (χ3n) is 2.73. The topological polar surface area (TPSA) is 57.6 Å². The van der Waals surface area contributed by atoms with Gasteiger partial charge in [0.05, 0.1) is 5.92 Å². The van der Waals surface area contributed by atoms with E-state index >= 15 is 0 Å². The predicted molar refractivity (Wildman–Crippen MR) is 72.6 cm³/mol. The van der Waals surface area contributed by atoms with Crippen molar-refractivity contribution >= 4 is 27.8 Å². The second-order valence-corrected chi connectivity index (χ2v) is 5.24. The zero-order valence-electron chi connectivity index (χ0n) is 10.6. The number of nitrogens with zero attached hydrogens (tertiary/aromatic N) is 1. The maximum absolute atomic E-state index is 12.1. The smallest absolute Gasteiger partial charge is 0.308 e. The van der Waals surface area contributed by atoms with Gasteiger partial charge in [0.25, 0.3) is 5.91 Å². The van der Waals surface area contributed by atoms with Crippen molar-refractivity contribution in [1.29, 1.82) is 0 Å². The Morgan fingerprint density at radius 2 is 2.06 bits per heavy atom. The van der Waals surface area contributed by atoms with Crippen molar-refractivity contribution in [2.45, 2.75) is 13.8 Å². The monoisotopic (exact) mass is 313 g/mol. The molecule has 98 valence electrons. The van der Waals surface area contributed by atoms with Crippen molar-refractivity contribution in [3.05, 3.63) is 33.8 Å². The first-order valence-electron chi connectivity index (χ1n) is 5.57. The average molecular weight is 314 g/mol. The maximum atomic E-state index is 12.1. The molecule has 0 spiro atoms. The first-order chi connectivity index (χ1) is 8.32. The first-order valence-corrected chi connectivity index (χ1v) is 6.36. The molecule has 5 heteroatoms. The number of halogens is 1. The van der Waals surface area contributed by atoms with Gasteiger partial charge in [-0.1, -0.05) is 28.9 Å². The van der Waals surface area contributed by atoms with E-state index in [9.17, 15) is 9.59 Å². The van der Waals surface area contributed by atoms with Crippen molar-refractivity contribution in [1.82, 2.24) is 4.90 Å². The van der Waals surface area contributed by atoms with E-state index in [1.807, 2.05) is 13.0 Å². The summed E-state index contributed by atoms with van der Waals surface area (Å²) < 4.78 is 0.869. The van der Waals surface area contributed by atoms with Gasteiger partial charge in [0.1, 0.15) is 0 Å². The number of hydrogen-bond donors (Lipinski definition) is 1. The first kappa shape index (κ1) is 14.7. The second-order valence-electron chi connectivity index (χ2n) is 4.39. The molecule has 0 saturated heterocycles. The van der Waals surface area contributed by atoms with Crippen LogP contribution in [-0.2, 0) is 4.79 Å². The minimum atomic E-state index is -0.903. The molecule has 1 aromatic carbocycles. The molecule has 0 aliphatic rings. The number of aliphatic carboxylic acids is 1. The van der Waals surface area contributed by atoms with Gasteiger partial charge in [-0.05, 0) is 24.6 Å². The summed E-state index contributed by atoms with van der Waals surface area (Å²) in [6, 6.07) is 5.34. The summed E-state index contributed by atoms with van der Waals surface area (Å²) in [5.74, 6) is -1.66. The average Bonchev–Trinajstić information content (AvgIpc) is 2.31. The highest BCUT2D eigenvalue weighted by atomic mass is 79.9. The molecular formula is C13H16BrNO3. The maximum Gasteiger partial charge on any atom is 0.308 e. The van der Waals surface area contributed by atoms with Crippen LogP contribution < -0.4 is 0 Å². The van der Waals surface area contributed by atoms with E-state index in [0.29, 0.717) is 5.56 Å². The van der Waals surface area contributed by atoms with E-state index in [-0.39, 0.29) is 12.5 Å². The van der Waals surface area contributed by atoms with E-state index in [1.165, 1.54) is 4.90 Å². The van der Waals surface area contributed by atoms with Gasteiger partial charge in [0.15, 0.2) is 0 Å². The Morgan fingerprint density at radius 1 is 1.44 bits per heavy atom. The van der Waals surface area contributed by atoms with Crippen molar-refractivity contribution in [3.63, 3.8) is 0 Å². The lowest BCUT2D eigenvalue weighted by Crippen LogP contribution is -2.33. The third kappa shape index (κ3) is 3.57. The van der Waals surface area contributed by atoms with Gasteiger partial charge in [-0.25, -0.2) is 0 Å². The van der Waals surface area contributed by atoms with Crippen LogP contribution >= 0.6 is 15.9 Å². The summed E-state index contributed by atoms with van der Waals surface area (Å²) in [6.45, 7) is 3.71. The number of carboxylic acid groups (broad SMARTS) is 1. The standard InChI is InChI=1S/C13H16BrNO3/c1-8-4-5-10(6-11(8)14)12(16)15(3)7-9(2)13(17)18/h4-6,9H,7H2,1-3H3,(H,17,18)/t9-/m0/s1. The van der Waals surface area contributed by atoms with Crippen LogP contribution in [0.1, 0.15) is 22.8 Å². The van der Waals surface area contributed by atoms with Gasteiger partial charge in [0, 0.05) is 23.6 Å². The Morgan fingerprint density at radius 3 is 2.56 bits per heavy atom. The van der Waals surface area contributed by atoms with Crippen molar-refractivity contribution in [2.24, 2.45) is 5.92 Å². The summed E-state index contributed by atoms with van der Waals surface area (Å²) in [7, 11) is 1.61.